The third-order valence-corrected chi connectivity index (χ3v) is 4.19. The van der Waals surface area contributed by atoms with Gasteiger partial charge >= 0.3 is 0 Å². The number of pyridine rings is 1. The Morgan fingerprint density at radius 2 is 2.00 bits per heavy atom. The average molecular weight is 349 g/mol. The summed E-state index contributed by atoms with van der Waals surface area (Å²) in [4.78, 5) is 18.6. The maximum atomic E-state index is 12.2. The Labute approximate surface area is 153 Å². The number of hydrogen-bond acceptors (Lipinski definition) is 4. The smallest absolute Gasteiger partial charge is 0.224 e. The molecule has 1 N–H and O–H groups in total. The van der Waals surface area contributed by atoms with E-state index in [4.69, 9.17) is 0 Å². The molecule has 0 fully saturated rings. The van der Waals surface area contributed by atoms with Gasteiger partial charge in [-0.25, -0.2) is 9.67 Å². The van der Waals surface area contributed by atoms with Crippen LogP contribution in [0.3, 0.4) is 0 Å². The summed E-state index contributed by atoms with van der Waals surface area (Å²) >= 11 is 0. The summed E-state index contributed by atoms with van der Waals surface area (Å²) in [6.45, 7) is 3.44. The second-order valence-electron chi connectivity index (χ2n) is 6.12. The molecule has 6 nitrogen and oxygen atoms in total. The van der Waals surface area contributed by atoms with Crippen LogP contribution >= 0.6 is 0 Å². The van der Waals surface area contributed by atoms with E-state index in [1.807, 2.05) is 55.7 Å². The molecule has 0 aliphatic heterocycles. The summed E-state index contributed by atoms with van der Waals surface area (Å²) in [7, 11) is 2.00. The number of nitrogens with one attached hydrogen (secondary N) is 1. The fourth-order valence-corrected chi connectivity index (χ4v) is 2.56. The predicted octanol–water partition coefficient (Wildman–Crippen LogP) is 2.58. The minimum atomic E-state index is -0.0279. The van der Waals surface area contributed by atoms with E-state index >= 15 is 0 Å². The summed E-state index contributed by atoms with van der Waals surface area (Å²) in [5, 5.41) is 7.28. The molecule has 0 atom stereocenters. The zero-order valence-corrected chi connectivity index (χ0v) is 15.1. The minimum Gasteiger partial charge on any atom is -0.360 e. The van der Waals surface area contributed by atoms with Crippen molar-refractivity contribution in [3.8, 4) is 5.69 Å². The van der Waals surface area contributed by atoms with Crippen molar-refractivity contribution >= 4 is 11.7 Å². The lowest BCUT2D eigenvalue weighted by Crippen LogP contribution is -2.24. The van der Waals surface area contributed by atoms with Crippen LogP contribution in [0.5, 0.6) is 0 Å². The van der Waals surface area contributed by atoms with E-state index < -0.39 is 0 Å². The quantitative estimate of drug-likeness (QED) is 0.712. The molecule has 1 aromatic carbocycles. The van der Waals surface area contributed by atoms with Crippen LogP contribution in [0.2, 0.25) is 0 Å². The van der Waals surface area contributed by atoms with Crippen molar-refractivity contribution in [2.24, 2.45) is 0 Å². The average Bonchev–Trinajstić information content (AvgIpc) is 3.15. The molecule has 6 heteroatoms. The SMILES string of the molecule is CCN(C)c1cc(CNC(=O)Cc2cnn(-c3ccccc3)c2)ccn1. The van der Waals surface area contributed by atoms with Crippen LogP contribution in [0.25, 0.3) is 5.69 Å². The Morgan fingerprint density at radius 1 is 1.19 bits per heavy atom. The molecule has 0 radical (unpaired) electrons. The summed E-state index contributed by atoms with van der Waals surface area (Å²) in [5.74, 6) is 0.878. The number of carbonyl (C=O) groups is 1. The van der Waals surface area contributed by atoms with Crippen LogP contribution in [0, 0.1) is 0 Å². The highest BCUT2D eigenvalue weighted by Gasteiger charge is 2.08. The lowest BCUT2D eigenvalue weighted by Gasteiger charge is -2.16. The van der Waals surface area contributed by atoms with Crippen LogP contribution in [0.1, 0.15) is 18.1 Å². The van der Waals surface area contributed by atoms with Crippen molar-refractivity contribution in [2.45, 2.75) is 19.9 Å². The topological polar surface area (TPSA) is 63.1 Å². The third-order valence-electron chi connectivity index (χ3n) is 4.19. The van der Waals surface area contributed by atoms with E-state index in [2.05, 4.69) is 27.2 Å². The number of hydrogen-bond donors (Lipinski definition) is 1. The van der Waals surface area contributed by atoms with E-state index in [0.29, 0.717) is 13.0 Å². The van der Waals surface area contributed by atoms with Crippen molar-refractivity contribution in [2.75, 3.05) is 18.5 Å². The molecular formula is C20H23N5O. The van der Waals surface area contributed by atoms with Crippen molar-refractivity contribution in [1.29, 1.82) is 0 Å². The van der Waals surface area contributed by atoms with E-state index in [1.54, 1.807) is 17.1 Å². The van der Waals surface area contributed by atoms with E-state index in [-0.39, 0.29) is 5.91 Å². The first-order chi connectivity index (χ1) is 12.7. The van der Waals surface area contributed by atoms with E-state index in [9.17, 15) is 4.79 Å². The van der Waals surface area contributed by atoms with Gasteiger partial charge in [0.15, 0.2) is 0 Å². The number of para-hydroxylation sites is 1. The summed E-state index contributed by atoms with van der Waals surface area (Å²) < 4.78 is 1.78. The molecule has 3 rings (SSSR count). The first-order valence-electron chi connectivity index (χ1n) is 8.67. The Hall–Kier alpha value is -3.15. The molecule has 0 aliphatic carbocycles. The maximum absolute atomic E-state index is 12.2. The Bertz CT molecular complexity index is 859. The molecule has 0 unspecified atom stereocenters. The van der Waals surface area contributed by atoms with E-state index in [0.717, 1.165) is 29.2 Å². The lowest BCUT2D eigenvalue weighted by molar-refractivity contribution is -0.120. The van der Waals surface area contributed by atoms with Gasteiger partial charge in [-0.3, -0.25) is 4.79 Å². The molecule has 1 amide bonds. The molecule has 3 aromatic rings. The fraction of sp³-hybridized carbons (Fsp3) is 0.250. The molecule has 134 valence electrons. The van der Waals surface area contributed by atoms with Gasteiger partial charge < -0.3 is 10.2 Å². The Morgan fingerprint density at radius 3 is 2.77 bits per heavy atom. The van der Waals surface area contributed by atoms with Gasteiger partial charge in [-0.1, -0.05) is 18.2 Å². The van der Waals surface area contributed by atoms with Crippen LogP contribution in [0.4, 0.5) is 5.82 Å². The lowest BCUT2D eigenvalue weighted by atomic mass is 10.2. The molecule has 0 bridgehead atoms. The van der Waals surface area contributed by atoms with Crippen LogP contribution < -0.4 is 10.2 Å². The van der Waals surface area contributed by atoms with Gasteiger partial charge in [0.25, 0.3) is 0 Å². The second-order valence-corrected chi connectivity index (χ2v) is 6.12. The first-order valence-corrected chi connectivity index (χ1v) is 8.67. The molecule has 2 heterocycles. The summed E-state index contributed by atoms with van der Waals surface area (Å²) in [6, 6.07) is 13.8. The molecule has 2 aromatic heterocycles. The number of amides is 1. The predicted molar refractivity (Wildman–Crippen MR) is 102 cm³/mol. The van der Waals surface area contributed by atoms with Gasteiger partial charge in [-0.15, -0.1) is 0 Å². The van der Waals surface area contributed by atoms with Crippen molar-refractivity contribution < 1.29 is 4.79 Å². The Balaban J connectivity index is 1.56. The minimum absolute atomic E-state index is 0.0279. The van der Waals surface area contributed by atoms with Crippen molar-refractivity contribution in [3.05, 3.63) is 72.2 Å². The standard InChI is InChI=1S/C20H23N5O/c1-3-24(2)19-11-16(9-10-21-19)13-22-20(26)12-17-14-23-25(15-17)18-7-5-4-6-8-18/h4-11,14-15H,3,12-13H2,1-2H3,(H,22,26). The number of nitrogens with zero attached hydrogens (tertiary/aromatic N) is 4. The number of aromatic nitrogens is 3. The highest BCUT2D eigenvalue weighted by molar-refractivity contribution is 5.78. The monoisotopic (exact) mass is 349 g/mol. The van der Waals surface area contributed by atoms with E-state index in [1.165, 1.54) is 0 Å². The van der Waals surface area contributed by atoms with Crippen LogP contribution in [-0.4, -0.2) is 34.3 Å². The van der Waals surface area contributed by atoms with Gasteiger partial charge in [0.1, 0.15) is 5.82 Å². The number of benzene rings is 1. The molecule has 0 spiro atoms. The summed E-state index contributed by atoms with van der Waals surface area (Å²) in [6.07, 6.45) is 5.69. The summed E-state index contributed by atoms with van der Waals surface area (Å²) in [5.41, 5.74) is 2.89. The second kappa shape index (κ2) is 8.29. The largest absolute Gasteiger partial charge is 0.360 e. The molecule has 0 saturated heterocycles. The van der Waals surface area contributed by atoms with Crippen LogP contribution in [0.15, 0.2) is 61.1 Å². The molecule has 0 saturated carbocycles. The van der Waals surface area contributed by atoms with Crippen molar-refractivity contribution in [3.63, 3.8) is 0 Å². The number of rotatable bonds is 7. The van der Waals surface area contributed by atoms with Gasteiger partial charge in [0, 0.05) is 32.5 Å². The number of anilines is 1. The number of carbonyl (C=O) groups excluding carboxylic acids is 1. The highest BCUT2D eigenvalue weighted by atomic mass is 16.1. The Kier molecular flexibility index (Phi) is 5.63. The fourth-order valence-electron chi connectivity index (χ4n) is 2.56. The first kappa shape index (κ1) is 17.7. The third kappa shape index (κ3) is 4.47. The van der Waals surface area contributed by atoms with Crippen LogP contribution in [-0.2, 0) is 17.8 Å². The zero-order valence-electron chi connectivity index (χ0n) is 15.1. The molecule has 0 aliphatic rings. The molecular weight excluding hydrogens is 326 g/mol. The van der Waals surface area contributed by atoms with Gasteiger partial charge in [-0.2, -0.15) is 5.10 Å². The van der Waals surface area contributed by atoms with Gasteiger partial charge in [0.05, 0.1) is 18.3 Å². The van der Waals surface area contributed by atoms with Gasteiger partial charge in [0.2, 0.25) is 5.91 Å². The maximum Gasteiger partial charge on any atom is 0.224 e. The normalized spacial score (nSPS) is 10.5. The molecule has 26 heavy (non-hydrogen) atoms. The van der Waals surface area contributed by atoms with Crippen molar-refractivity contribution in [1.82, 2.24) is 20.1 Å². The highest BCUT2D eigenvalue weighted by Crippen LogP contribution is 2.11. The zero-order chi connectivity index (χ0) is 18.4. The van der Waals surface area contributed by atoms with Gasteiger partial charge in [-0.05, 0) is 42.3 Å².